The van der Waals surface area contributed by atoms with Crippen LogP contribution in [0.3, 0.4) is 0 Å². The van der Waals surface area contributed by atoms with Gasteiger partial charge in [0.25, 0.3) is 5.82 Å². The van der Waals surface area contributed by atoms with Gasteiger partial charge in [-0.15, -0.1) is 4.65 Å². The second kappa shape index (κ2) is 11.0. The number of hydrogen-bond donors (Lipinski definition) is 1. The first kappa shape index (κ1) is 31.5. The number of anilines is 1. The van der Waals surface area contributed by atoms with E-state index in [2.05, 4.69) is 9.88 Å². The summed E-state index contributed by atoms with van der Waals surface area (Å²) in [6.07, 6.45) is -8.69. The normalized spacial score (nSPS) is 16.4. The van der Waals surface area contributed by atoms with Gasteiger partial charge < -0.3 is 4.90 Å². The molecule has 2 aromatic carbocycles. The first-order chi connectivity index (χ1) is 19.3. The van der Waals surface area contributed by atoms with E-state index in [-0.39, 0.29) is 11.8 Å². The molecule has 1 aliphatic rings. The van der Waals surface area contributed by atoms with Gasteiger partial charge in [0, 0.05) is 18.7 Å². The number of benzene rings is 2. The molecule has 0 saturated carbocycles. The standard InChI is InChI=1S/C30H33F6N4O2/c1-19-8-6-7-9-23(19)24-17-26(40(42)12-10-38(4)11-13-40)37-18-25(24)39(5)27(41)28(2,3)20-14-21(29(31,32)33)16-22(15-20)30(34,35)36/h6-9,14-18,42H,10-13H2,1-5H3/q+1. The van der Waals surface area contributed by atoms with Crippen LogP contribution in [0, 0.1) is 6.92 Å². The number of aromatic nitrogens is 1. The lowest BCUT2D eigenvalue weighted by molar-refractivity contribution is -0.143. The quantitative estimate of drug-likeness (QED) is 0.264. The maximum absolute atomic E-state index is 13.9. The van der Waals surface area contributed by atoms with Crippen LogP contribution >= 0.6 is 0 Å². The molecule has 1 N–H and O–H groups in total. The molecule has 3 aromatic rings. The fourth-order valence-electron chi connectivity index (χ4n) is 5.12. The Hall–Kier alpha value is -3.48. The highest BCUT2D eigenvalue weighted by molar-refractivity contribution is 6.03. The maximum atomic E-state index is 13.9. The Labute approximate surface area is 240 Å². The Morgan fingerprint density at radius 3 is 1.95 bits per heavy atom. The third-order valence-electron chi connectivity index (χ3n) is 7.94. The third-order valence-corrected chi connectivity index (χ3v) is 7.94. The van der Waals surface area contributed by atoms with Gasteiger partial charge in [-0.2, -0.15) is 26.3 Å². The van der Waals surface area contributed by atoms with Gasteiger partial charge in [-0.3, -0.25) is 9.69 Å². The van der Waals surface area contributed by atoms with Crippen LogP contribution in [0.1, 0.15) is 36.1 Å². The van der Waals surface area contributed by atoms with Gasteiger partial charge in [0.1, 0.15) is 13.1 Å². The molecule has 1 fully saturated rings. The van der Waals surface area contributed by atoms with Crippen molar-refractivity contribution < 1.29 is 36.3 Å². The average Bonchev–Trinajstić information content (AvgIpc) is 2.92. The largest absolute Gasteiger partial charge is 0.416 e. The van der Waals surface area contributed by atoms with Crippen LogP contribution in [0.4, 0.5) is 37.8 Å². The molecule has 1 aliphatic heterocycles. The Morgan fingerprint density at radius 2 is 1.43 bits per heavy atom. The molecule has 1 amide bonds. The Bertz CT molecular complexity index is 1450. The summed E-state index contributed by atoms with van der Waals surface area (Å²) in [4.78, 5) is 21.7. The molecule has 0 bridgehead atoms. The second-order valence-corrected chi connectivity index (χ2v) is 11.3. The van der Waals surface area contributed by atoms with Crippen molar-refractivity contribution in [1.82, 2.24) is 14.5 Å². The molecule has 226 valence electrons. The average molecular weight is 596 g/mol. The SMILES string of the molecule is Cc1ccccc1-c1cc([N+]2(O)CCN(C)CC2)ncc1N(C)C(=O)C(C)(C)c1cc(C(F)(F)F)cc(C(F)(F)F)c1. The Balaban J connectivity index is 1.82. The van der Waals surface area contributed by atoms with Crippen LogP contribution in [0.5, 0.6) is 0 Å². The highest BCUT2D eigenvalue weighted by Gasteiger charge is 2.42. The zero-order chi connectivity index (χ0) is 31.3. The number of hydroxylamine groups is 2. The molecule has 12 heteroatoms. The fourth-order valence-corrected chi connectivity index (χ4v) is 5.12. The summed E-state index contributed by atoms with van der Waals surface area (Å²) in [5, 5.41) is 11.4. The number of piperazine rings is 1. The van der Waals surface area contributed by atoms with E-state index in [1.54, 1.807) is 12.1 Å². The molecule has 42 heavy (non-hydrogen) atoms. The summed E-state index contributed by atoms with van der Waals surface area (Å²) in [6, 6.07) is 10.2. The number of quaternary nitrogens is 1. The number of rotatable bonds is 5. The number of likely N-dealkylation sites (N-methyl/N-ethyl adjacent to an activating group) is 2. The Kier molecular flexibility index (Phi) is 8.22. The van der Waals surface area contributed by atoms with Gasteiger partial charge in [-0.1, -0.05) is 24.3 Å². The fraction of sp³-hybridized carbons (Fsp3) is 0.400. The summed E-state index contributed by atoms with van der Waals surface area (Å²) in [6.45, 7) is 6.46. The first-order valence-corrected chi connectivity index (χ1v) is 13.3. The number of carbonyl (C=O) groups excluding carboxylic acids is 1. The van der Waals surface area contributed by atoms with Crippen molar-refractivity contribution in [1.29, 1.82) is 0 Å². The van der Waals surface area contributed by atoms with E-state index in [0.717, 1.165) is 11.1 Å². The third kappa shape index (κ3) is 6.16. The van der Waals surface area contributed by atoms with E-state index in [0.29, 0.717) is 49.7 Å². The van der Waals surface area contributed by atoms with Crippen molar-refractivity contribution in [2.45, 2.75) is 38.5 Å². The lowest BCUT2D eigenvalue weighted by Crippen LogP contribution is -2.58. The minimum atomic E-state index is -5.05. The minimum absolute atomic E-state index is 0.0404. The summed E-state index contributed by atoms with van der Waals surface area (Å²) in [5.41, 5.74) is -2.80. The summed E-state index contributed by atoms with van der Waals surface area (Å²) < 4.78 is 81.0. The zero-order valence-electron chi connectivity index (χ0n) is 23.9. The maximum Gasteiger partial charge on any atom is 0.416 e. The number of halogens is 6. The van der Waals surface area contributed by atoms with Gasteiger partial charge in [-0.25, -0.2) is 10.2 Å². The van der Waals surface area contributed by atoms with Crippen LogP contribution < -0.4 is 9.55 Å². The molecule has 0 spiro atoms. The molecular formula is C30H33F6N4O2+. The minimum Gasteiger partial charge on any atom is -0.313 e. The molecular weight excluding hydrogens is 562 g/mol. The van der Waals surface area contributed by atoms with Crippen LogP contribution in [-0.2, 0) is 22.6 Å². The van der Waals surface area contributed by atoms with E-state index < -0.39 is 45.0 Å². The summed E-state index contributed by atoms with van der Waals surface area (Å²) in [5.74, 6) is -0.385. The first-order valence-electron chi connectivity index (χ1n) is 13.3. The molecule has 0 aliphatic carbocycles. The van der Waals surface area contributed by atoms with Gasteiger partial charge in [0.05, 0.1) is 41.5 Å². The van der Waals surface area contributed by atoms with Crippen molar-refractivity contribution in [3.63, 3.8) is 0 Å². The lowest BCUT2D eigenvalue weighted by atomic mass is 9.81. The number of aryl methyl sites for hydroxylation is 1. The molecule has 1 aromatic heterocycles. The van der Waals surface area contributed by atoms with Crippen molar-refractivity contribution in [2.75, 3.05) is 45.2 Å². The van der Waals surface area contributed by atoms with Crippen molar-refractivity contribution in [3.8, 4) is 11.1 Å². The zero-order valence-corrected chi connectivity index (χ0v) is 23.9. The van der Waals surface area contributed by atoms with Gasteiger partial charge in [0.15, 0.2) is 0 Å². The van der Waals surface area contributed by atoms with Gasteiger partial charge >= 0.3 is 12.4 Å². The number of hydrogen-bond acceptors (Lipinski definition) is 4. The van der Waals surface area contributed by atoms with Crippen LogP contribution in [0.2, 0.25) is 0 Å². The van der Waals surface area contributed by atoms with Crippen molar-refractivity contribution >= 4 is 17.4 Å². The van der Waals surface area contributed by atoms with Gasteiger partial charge in [-0.05, 0) is 62.7 Å². The van der Waals surface area contributed by atoms with Crippen LogP contribution in [0.25, 0.3) is 11.1 Å². The number of carbonyl (C=O) groups is 1. The summed E-state index contributed by atoms with van der Waals surface area (Å²) in [7, 11) is 3.35. The molecule has 0 atom stereocenters. The lowest BCUT2D eigenvalue weighted by Gasteiger charge is -2.36. The topological polar surface area (TPSA) is 56.7 Å². The number of amides is 1. The van der Waals surface area contributed by atoms with Crippen LogP contribution in [-0.4, -0.2) is 61.3 Å². The molecule has 2 heterocycles. The second-order valence-electron chi connectivity index (χ2n) is 11.3. The number of alkyl halides is 6. The van der Waals surface area contributed by atoms with Crippen molar-refractivity contribution in [3.05, 3.63) is 77.0 Å². The number of nitrogens with zero attached hydrogens (tertiary/aromatic N) is 4. The predicted octanol–water partition coefficient (Wildman–Crippen LogP) is 6.68. The van der Waals surface area contributed by atoms with E-state index in [1.807, 2.05) is 32.2 Å². The smallest absolute Gasteiger partial charge is 0.313 e. The molecule has 0 unspecified atom stereocenters. The van der Waals surface area contributed by atoms with Gasteiger partial charge in [0.2, 0.25) is 5.91 Å². The summed E-state index contributed by atoms with van der Waals surface area (Å²) >= 11 is 0. The predicted molar refractivity (Wildman–Crippen MR) is 148 cm³/mol. The van der Waals surface area contributed by atoms with E-state index in [9.17, 15) is 36.3 Å². The monoisotopic (exact) mass is 595 g/mol. The van der Waals surface area contributed by atoms with E-state index in [4.69, 9.17) is 0 Å². The van der Waals surface area contributed by atoms with Crippen LogP contribution in [0.15, 0.2) is 54.7 Å². The highest BCUT2D eigenvalue weighted by Crippen LogP contribution is 2.41. The van der Waals surface area contributed by atoms with Crippen molar-refractivity contribution in [2.24, 2.45) is 0 Å². The van der Waals surface area contributed by atoms with E-state index >= 15 is 0 Å². The molecule has 6 nitrogen and oxygen atoms in total. The molecule has 4 rings (SSSR count). The number of pyridine rings is 1. The Morgan fingerprint density at radius 1 is 0.905 bits per heavy atom. The highest BCUT2D eigenvalue weighted by atomic mass is 19.4. The van der Waals surface area contributed by atoms with E-state index in [1.165, 1.54) is 32.0 Å². The molecule has 1 saturated heterocycles. The molecule has 0 radical (unpaired) electrons.